The van der Waals surface area contributed by atoms with Crippen LogP contribution in [0.25, 0.3) is 0 Å². The van der Waals surface area contributed by atoms with Crippen molar-refractivity contribution in [1.29, 1.82) is 0 Å². The highest BCUT2D eigenvalue weighted by Gasteiger charge is 2.28. The maximum absolute atomic E-state index is 12.5. The molecule has 2 atom stereocenters. The van der Waals surface area contributed by atoms with Crippen molar-refractivity contribution in [3.63, 3.8) is 0 Å². The fourth-order valence-corrected chi connectivity index (χ4v) is 4.03. The lowest BCUT2D eigenvalue weighted by molar-refractivity contribution is -0.122. The molecule has 2 N–H and O–H groups in total. The zero-order valence-corrected chi connectivity index (χ0v) is 13.9. The zero-order chi connectivity index (χ0) is 16.7. The summed E-state index contributed by atoms with van der Waals surface area (Å²) in [7, 11) is 0. The van der Waals surface area contributed by atoms with Gasteiger partial charge >= 0.3 is 0 Å². The lowest BCUT2D eigenvalue weighted by Gasteiger charge is -2.23. The summed E-state index contributed by atoms with van der Waals surface area (Å²) in [6.07, 6.45) is 0.223. The van der Waals surface area contributed by atoms with E-state index >= 15 is 0 Å². The summed E-state index contributed by atoms with van der Waals surface area (Å²) in [5.74, 6) is 0.392. The van der Waals surface area contributed by atoms with E-state index in [1.54, 1.807) is 36.9 Å². The smallest absolute Gasteiger partial charge is 0.265 e. The maximum atomic E-state index is 12.5. The van der Waals surface area contributed by atoms with Gasteiger partial charge in [0.15, 0.2) is 6.10 Å². The van der Waals surface area contributed by atoms with E-state index in [0.29, 0.717) is 17.1 Å². The van der Waals surface area contributed by atoms with Crippen LogP contribution in [-0.2, 0) is 16.0 Å². The lowest BCUT2D eigenvalue weighted by Crippen LogP contribution is -2.34. The molecule has 5 nitrogen and oxygen atoms in total. The Hall–Kier alpha value is -2.47. The monoisotopic (exact) mass is 340 g/mol. The molecule has 0 unspecified atom stereocenters. The van der Waals surface area contributed by atoms with Gasteiger partial charge in [-0.1, -0.05) is 18.2 Å². The van der Waals surface area contributed by atoms with Crippen molar-refractivity contribution in [2.45, 2.75) is 29.6 Å². The van der Waals surface area contributed by atoms with Crippen LogP contribution in [0.5, 0.6) is 5.75 Å². The Morgan fingerprint density at radius 1 is 1.29 bits per heavy atom. The van der Waals surface area contributed by atoms with Crippen molar-refractivity contribution in [2.24, 2.45) is 0 Å². The fraction of sp³-hybridized carbons (Fsp3) is 0.222. The van der Waals surface area contributed by atoms with E-state index in [9.17, 15) is 9.59 Å². The minimum absolute atomic E-state index is 0.0347. The number of carbonyl (C=O) groups is 2. The molecule has 0 bridgehead atoms. The van der Waals surface area contributed by atoms with Gasteiger partial charge in [-0.25, -0.2) is 0 Å². The summed E-state index contributed by atoms with van der Waals surface area (Å²) in [6, 6.07) is 13.4. The number of fused-ring (bicyclic) bond motifs is 2. The number of anilines is 2. The Balaban J connectivity index is 1.48. The van der Waals surface area contributed by atoms with Gasteiger partial charge in [-0.3, -0.25) is 9.59 Å². The quantitative estimate of drug-likeness (QED) is 0.882. The second-order valence-electron chi connectivity index (χ2n) is 5.87. The molecule has 0 aromatic heterocycles. The second kappa shape index (κ2) is 5.87. The van der Waals surface area contributed by atoms with Gasteiger partial charge in [0.25, 0.3) is 5.91 Å². The summed E-state index contributed by atoms with van der Waals surface area (Å²) in [5, 5.41) is 5.58. The van der Waals surface area contributed by atoms with Crippen LogP contribution >= 0.6 is 11.8 Å². The van der Waals surface area contributed by atoms with Crippen LogP contribution in [0.3, 0.4) is 0 Å². The standard InChI is InChI=1S/C18H16N2O3S/c1-10-17(21)20-13-9-12(6-7-14(13)23-10)19-18(22)16-8-11-4-2-3-5-15(11)24-16/h2-7,9-10,16H,8H2,1H3,(H,19,22)(H,20,21)/t10-,16+/m0/s1. The molecule has 4 rings (SSSR count). The first-order chi connectivity index (χ1) is 11.6. The average molecular weight is 340 g/mol. The SMILES string of the molecule is C[C@@H]1Oc2ccc(NC(=O)[C@H]3Cc4ccccc4S3)cc2NC1=O. The number of rotatable bonds is 2. The fourth-order valence-electron chi connectivity index (χ4n) is 2.84. The van der Waals surface area contributed by atoms with Gasteiger partial charge in [0.2, 0.25) is 5.91 Å². The third-order valence-corrected chi connectivity index (χ3v) is 5.43. The molecule has 0 aliphatic carbocycles. The number of benzene rings is 2. The Kier molecular flexibility index (Phi) is 3.69. The average Bonchev–Trinajstić information content (AvgIpc) is 3.00. The van der Waals surface area contributed by atoms with Gasteiger partial charge in [-0.05, 0) is 43.2 Å². The molecule has 0 radical (unpaired) electrons. The number of nitrogens with one attached hydrogen (secondary N) is 2. The van der Waals surface area contributed by atoms with Crippen molar-refractivity contribution in [3.05, 3.63) is 48.0 Å². The Labute approximate surface area is 143 Å². The molecule has 122 valence electrons. The molecule has 2 aliphatic heterocycles. The number of hydrogen-bond acceptors (Lipinski definition) is 4. The van der Waals surface area contributed by atoms with Gasteiger partial charge in [0.05, 0.1) is 10.9 Å². The largest absolute Gasteiger partial charge is 0.479 e. The van der Waals surface area contributed by atoms with Crippen LogP contribution in [0, 0.1) is 0 Å². The van der Waals surface area contributed by atoms with Gasteiger partial charge in [-0.2, -0.15) is 0 Å². The summed E-state index contributed by atoms with van der Waals surface area (Å²) >= 11 is 1.59. The van der Waals surface area contributed by atoms with Crippen LogP contribution in [0.2, 0.25) is 0 Å². The topological polar surface area (TPSA) is 67.4 Å². The number of amides is 2. The van der Waals surface area contributed by atoms with E-state index in [1.165, 1.54) is 5.56 Å². The molecule has 2 aromatic carbocycles. The molecule has 6 heteroatoms. The van der Waals surface area contributed by atoms with Gasteiger partial charge in [0, 0.05) is 10.6 Å². The third-order valence-electron chi connectivity index (χ3n) is 4.12. The summed E-state index contributed by atoms with van der Waals surface area (Å²) < 4.78 is 5.52. The molecule has 0 fully saturated rings. The molecule has 2 amide bonds. The number of hydrogen-bond donors (Lipinski definition) is 2. The summed E-state index contributed by atoms with van der Waals surface area (Å²) in [4.78, 5) is 25.4. The number of ether oxygens (including phenoxy) is 1. The van der Waals surface area contributed by atoms with Crippen LogP contribution in [0.1, 0.15) is 12.5 Å². The Morgan fingerprint density at radius 3 is 2.96 bits per heavy atom. The van der Waals surface area contributed by atoms with Gasteiger partial charge in [0.1, 0.15) is 5.75 Å². The molecular formula is C18H16N2O3S. The Bertz CT molecular complexity index is 812. The summed E-state index contributed by atoms with van der Waals surface area (Å²) in [6.45, 7) is 1.70. The normalized spacial score (nSPS) is 21.3. The van der Waals surface area contributed by atoms with E-state index in [0.717, 1.165) is 11.3 Å². The molecule has 2 heterocycles. The molecule has 2 aromatic rings. The van der Waals surface area contributed by atoms with Crippen LogP contribution in [0.4, 0.5) is 11.4 Å². The molecule has 2 aliphatic rings. The van der Waals surface area contributed by atoms with Crippen molar-refractivity contribution >= 4 is 35.0 Å². The van der Waals surface area contributed by atoms with Crippen LogP contribution < -0.4 is 15.4 Å². The van der Waals surface area contributed by atoms with E-state index in [2.05, 4.69) is 16.7 Å². The van der Waals surface area contributed by atoms with Crippen LogP contribution in [-0.4, -0.2) is 23.2 Å². The first-order valence-electron chi connectivity index (χ1n) is 7.77. The first-order valence-corrected chi connectivity index (χ1v) is 8.65. The molecule has 0 saturated heterocycles. The number of thioether (sulfide) groups is 1. The summed E-state index contributed by atoms with van der Waals surface area (Å²) in [5.41, 5.74) is 2.44. The van der Waals surface area contributed by atoms with E-state index in [1.807, 2.05) is 18.2 Å². The molecule has 0 spiro atoms. The van der Waals surface area contributed by atoms with Crippen molar-refractivity contribution in [2.75, 3.05) is 10.6 Å². The van der Waals surface area contributed by atoms with E-state index < -0.39 is 6.10 Å². The minimum Gasteiger partial charge on any atom is -0.479 e. The molecule has 24 heavy (non-hydrogen) atoms. The van der Waals surface area contributed by atoms with Gasteiger partial charge in [-0.15, -0.1) is 11.8 Å². The van der Waals surface area contributed by atoms with Crippen molar-refractivity contribution < 1.29 is 14.3 Å². The first kappa shape index (κ1) is 15.1. The van der Waals surface area contributed by atoms with Crippen LogP contribution in [0.15, 0.2) is 47.4 Å². The highest BCUT2D eigenvalue weighted by atomic mass is 32.2. The predicted octanol–water partition coefficient (Wildman–Crippen LogP) is 3.06. The predicted molar refractivity (Wildman–Crippen MR) is 93.6 cm³/mol. The molecule has 0 saturated carbocycles. The third kappa shape index (κ3) is 2.73. The minimum atomic E-state index is -0.508. The Morgan fingerprint density at radius 2 is 2.12 bits per heavy atom. The second-order valence-corrected chi connectivity index (χ2v) is 7.11. The molecular weight excluding hydrogens is 324 g/mol. The highest BCUT2D eigenvalue weighted by molar-refractivity contribution is 8.01. The maximum Gasteiger partial charge on any atom is 0.265 e. The van der Waals surface area contributed by atoms with E-state index in [-0.39, 0.29) is 17.1 Å². The van der Waals surface area contributed by atoms with Crippen molar-refractivity contribution in [1.82, 2.24) is 0 Å². The zero-order valence-electron chi connectivity index (χ0n) is 13.0. The van der Waals surface area contributed by atoms with Gasteiger partial charge < -0.3 is 15.4 Å². The lowest BCUT2D eigenvalue weighted by atomic mass is 10.1. The van der Waals surface area contributed by atoms with E-state index in [4.69, 9.17) is 4.74 Å². The highest BCUT2D eigenvalue weighted by Crippen LogP contribution is 2.38. The number of carbonyl (C=O) groups excluding carboxylic acids is 2. The van der Waals surface area contributed by atoms with Crippen molar-refractivity contribution in [3.8, 4) is 5.75 Å².